The summed E-state index contributed by atoms with van der Waals surface area (Å²) in [6, 6.07) is 12.0. The van der Waals surface area contributed by atoms with Gasteiger partial charge < -0.3 is 4.42 Å². The Morgan fingerprint density at radius 1 is 1.09 bits per heavy atom. The van der Waals surface area contributed by atoms with E-state index in [0.717, 1.165) is 16.9 Å². The van der Waals surface area contributed by atoms with E-state index in [1.807, 2.05) is 41.0 Å². The van der Waals surface area contributed by atoms with Gasteiger partial charge in [0.05, 0.1) is 23.6 Å². The third-order valence-electron chi connectivity index (χ3n) is 3.49. The van der Waals surface area contributed by atoms with Gasteiger partial charge in [0.15, 0.2) is 0 Å². The van der Waals surface area contributed by atoms with Crippen molar-refractivity contribution in [2.45, 2.75) is 0 Å². The number of benzene rings is 1. The Morgan fingerprint density at radius 2 is 2.04 bits per heavy atom. The fourth-order valence-electron chi connectivity index (χ4n) is 2.45. The van der Waals surface area contributed by atoms with Crippen molar-refractivity contribution in [1.29, 1.82) is 0 Å². The number of fused-ring (bicyclic) bond motifs is 1. The second kappa shape index (κ2) is 5.53. The minimum absolute atomic E-state index is 0.312. The average Bonchev–Trinajstić information content (AvgIpc) is 3.20. The minimum Gasteiger partial charge on any atom is -0.472 e. The molecule has 0 amide bonds. The molecule has 0 aliphatic heterocycles. The lowest BCUT2D eigenvalue weighted by Crippen LogP contribution is -1.99. The van der Waals surface area contributed by atoms with Crippen molar-refractivity contribution in [3.8, 4) is 5.82 Å². The number of furan rings is 1. The van der Waals surface area contributed by atoms with E-state index < -0.39 is 0 Å². The molecule has 0 unspecified atom stereocenters. The number of pyridine rings is 1. The molecule has 0 bridgehead atoms. The van der Waals surface area contributed by atoms with E-state index in [9.17, 15) is 4.39 Å². The van der Waals surface area contributed by atoms with Crippen molar-refractivity contribution in [2.75, 3.05) is 0 Å². The first kappa shape index (κ1) is 13.5. The molecule has 0 aliphatic carbocycles. The lowest BCUT2D eigenvalue weighted by Gasteiger charge is -2.05. The molecule has 23 heavy (non-hydrogen) atoms. The first-order valence-corrected chi connectivity index (χ1v) is 7.11. The van der Waals surface area contributed by atoms with E-state index in [0.29, 0.717) is 11.3 Å². The lowest BCUT2D eigenvalue weighted by molar-refractivity contribution is 0.567. The summed E-state index contributed by atoms with van der Waals surface area (Å²) in [7, 11) is 0. The van der Waals surface area contributed by atoms with Gasteiger partial charge in [0.25, 0.3) is 0 Å². The summed E-state index contributed by atoms with van der Waals surface area (Å²) in [6.45, 7) is 0. The van der Waals surface area contributed by atoms with E-state index in [2.05, 4.69) is 9.97 Å². The van der Waals surface area contributed by atoms with Crippen LogP contribution in [0.5, 0.6) is 0 Å². The monoisotopic (exact) mass is 305 g/mol. The molecule has 3 heterocycles. The molecule has 0 N–H and O–H groups in total. The molecule has 1 aromatic carbocycles. The Morgan fingerprint density at radius 3 is 2.83 bits per heavy atom. The highest BCUT2D eigenvalue weighted by Crippen LogP contribution is 2.22. The molecule has 4 aromatic rings. The van der Waals surface area contributed by atoms with Crippen molar-refractivity contribution >= 4 is 23.2 Å². The van der Waals surface area contributed by atoms with Gasteiger partial charge in [-0.3, -0.25) is 4.57 Å². The van der Waals surface area contributed by atoms with Crippen molar-refractivity contribution < 1.29 is 8.81 Å². The number of nitrogens with zero attached hydrogens (tertiary/aromatic N) is 3. The maximum absolute atomic E-state index is 13.5. The lowest BCUT2D eigenvalue weighted by atomic mass is 10.3. The van der Waals surface area contributed by atoms with Gasteiger partial charge in [-0.2, -0.15) is 0 Å². The number of rotatable bonds is 3. The van der Waals surface area contributed by atoms with Gasteiger partial charge in [-0.25, -0.2) is 14.4 Å². The summed E-state index contributed by atoms with van der Waals surface area (Å²) in [6.07, 6.45) is 8.72. The van der Waals surface area contributed by atoms with Crippen LogP contribution in [0.4, 0.5) is 4.39 Å². The van der Waals surface area contributed by atoms with Crippen LogP contribution in [0.2, 0.25) is 0 Å². The van der Waals surface area contributed by atoms with Gasteiger partial charge in [-0.05, 0) is 42.5 Å². The number of hydrogen-bond donors (Lipinski definition) is 0. The van der Waals surface area contributed by atoms with Crippen molar-refractivity contribution in [2.24, 2.45) is 0 Å². The fraction of sp³-hybridized carbons (Fsp3) is 0. The molecule has 0 aliphatic rings. The second-order valence-electron chi connectivity index (χ2n) is 5.02. The summed E-state index contributed by atoms with van der Waals surface area (Å²) in [5, 5.41) is 0. The molecular weight excluding hydrogens is 293 g/mol. The highest BCUT2D eigenvalue weighted by Gasteiger charge is 2.12. The Labute approximate surface area is 131 Å². The van der Waals surface area contributed by atoms with Gasteiger partial charge in [0.1, 0.15) is 17.5 Å². The van der Waals surface area contributed by atoms with Crippen LogP contribution in [0.15, 0.2) is 65.6 Å². The average molecular weight is 305 g/mol. The van der Waals surface area contributed by atoms with E-state index in [1.54, 1.807) is 24.8 Å². The molecule has 0 fully saturated rings. The highest BCUT2D eigenvalue weighted by atomic mass is 19.1. The van der Waals surface area contributed by atoms with Crippen LogP contribution in [-0.4, -0.2) is 14.5 Å². The molecule has 0 atom stereocenters. The molecule has 112 valence electrons. The van der Waals surface area contributed by atoms with Crippen LogP contribution in [-0.2, 0) is 0 Å². The van der Waals surface area contributed by atoms with E-state index >= 15 is 0 Å². The van der Waals surface area contributed by atoms with E-state index in [4.69, 9.17) is 4.42 Å². The Hall–Kier alpha value is -3.21. The summed E-state index contributed by atoms with van der Waals surface area (Å²) in [4.78, 5) is 8.89. The largest absolute Gasteiger partial charge is 0.472 e. The minimum atomic E-state index is -0.312. The van der Waals surface area contributed by atoms with Crippen LogP contribution in [0, 0.1) is 5.82 Å². The molecule has 4 nitrogen and oxygen atoms in total. The van der Waals surface area contributed by atoms with Crippen molar-refractivity contribution in [1.82, 2.24) is 14.5 Å². The van der Waals surface area contributed by atoms with Gasteiger partial charge in [0, 0.05) is 17.8 Å². The van der Waals surface area contributed by atoms with Gasteiger partial charge in [-0.15, -0.1) is 0 Å². The van der Waals surface area contributed by atoms with E-state index in [1.165, 1.54) is 12.1 Å². The van der Waals surface area contributed by atoms with Crippen LogP contribution in [0.1, 0.15) is 11.4 Å². The predicted octanol–water partition coefficient (Wildman–Crippen LogP) is 4.32. The maximum Gasteiger partial charge on any atom is 0.139 e. The van der Waals surface area contributed by atoms with E-state index in [-0.39, 0.29) is 5.82 Å². The molecule has 0 saturated heterocycles. The zero-order chi connectivity index (χ0) is 15.6. The second-order valence-corrected chi connectivity index (χ2v) is 5.02. The summed E-state index contributed by atoms with van der Waals surface area (Å²) >= 11 is 0. The van der Waals surface area contributed by atoms with Crippen LogP contribution in [0.25, 0.3) is 29.0 Å². The number of hydrogen-bond acceptors (Lipinski definition) is 3. The molecular formula is C18H12FN3O. The van der Waals surface area contributed by atoms with Crippen LogP contribution < -0.4 is 0 Å². The molecule has 0 saturated carbocycles. The zero-order valence-electron chi connectivity index (χ0n) is 12.1. The molecule has 4 rings (SSSR count). The Kier molecular flexibility index (Phi) is 3.24. The molecule has 0 spiro atoms. The smallest absolute Gasteiger partial charge is 0.139 e. The fourth-order valence-corrected chi connectivity index (χ4v) is 2.45. The van der Waals surface area contributed by atoms with Crippen LogP contribution in [0.3, 0.4) is 0 Å². The first-order valence-electron chi connectivity index (χ1n) is 7.11. The Balaban J connectivity index is 1.92. The quantitative estimate of drug-likeness (QED) is 0.566. The molecule has 0 radical (unpaired) electrons. The summed E-state index contributed by atoms with van der Waals surface area (Å²) < 4.78 is 20.4. The first-order chi connectivity index (χ1) is 11.3. The van der Waals surface area contributed by atoms with Gasteiger partial charge in [0.2, 0.25) is 0 Å². The third-order valence-corrected chi connectivity index (χ3v) is 3.49. The number of aromatic nitrogens is 3. The summed E-state index contributed by atoms with van der Waals surface area (Å²) in [5.74, 6) is 1.09. The topological polar surface area (TPSA) is 43.9 Å². The maximum atomic E-state index is 13.5. The summed E-state index contributed by atoms with van der Waals surface area (Å²) in [5.41, 5.74) is 2.32. The normalized spacial score (nSPS) is 11.5. The van der Waals surface area contributed by atoms with Gasteiger partial charge >= 0.3 is 0 Å². The number of imidazole rings is 1. The number of halogens is 1. The van der Waals surface area contributed by atoms with Gasteiger partial charge in [-0.1, -0.05) is 6.07 Å². The highest BCUT2D eigenvalue weighted by molar-refractivity contribution is 5.81. The Bertz CT molecular complexity index is 972. The molecule has 3 aromatic heterocycles. The predicted molar refractivity (Wildman–Crippen MR) is 86.5 cm³/mol. The van der Waals surface area contributed by atoms with Crippen molar-refractivity contribution in [3.63, 3.8) is 0 Å². The van der Waals surface area contributed by atoms with Crippen LogP contribution >= 0.6 is 0 Å². The molecule has 5 heteroatoms. The zero-order valence-corrected chi connectivity index (χ0v) is 12.1. The standard InChI is InChI=1S/C18H12FN3O/c19-14-5-6-16-15(11-14)21-18(7-4-13-8-10-23-12-13)22(16)17-3-1-2-9-20-17/h1-12H/b7-4+. The van der Waals surface area contributed by atoms with Crippen molar-refractivity contribution in [3.05, 3.63) is 78.4 Å². The third kappa shape index (κ3) is 2.53. The SMILES string of the molecule is Fc1ccc2c(c1)nc(/C=C/c1ccoc1)n2-c1ccccn1.